The maximum absolute atomic E-state index is 12.6. The van der Waals surface area contributed by atoms with Gasteiger partial charge in [0.15, 0.2) is 0 Å². The molecule has 2 amide bonds. The first-order valence-corrected chi connectivity index (χ1v) is 8.40. The molecule has 0 atom stereocenters. The third-order valence-corrected chi connectivity index (χ3v) is 4.31. The summed E-state index contributed by atoms with van der Waals surface area (Å²) in [5.41, 5.74) is 3.83. The third-order valence-electron chi connectivity index (χ3n) is 4.31. The Kier molecular flexibility index (Phi) is 4.22. The standard InChI is InChI=1S/C21H17N3O3/c1-27-16-6-2-4-15(11-16)23-20(25)13-7-8-19-17(10-13)18(21(26)24-19)12-14-5-3-9-22-14/h2-12,22H,1H3,(H,23,25)(H,24,26). The Balaban J connectivity index is 1.63. The Morgan fingerprint density at radius 3 is 2.78 bits per heavy atom. The molecule has 0 saturated heterocycles. The molecule has 3 aromatic rings. The molecule has 3 N–H and O–H groups in total. The molecule has 0 unspecified atom stereocenters. The van der Waals surface area contributed by atoms with E-state index in [2.05, 4.69) is 15.6 Å². The van der Waals surface area contributed by atoms with Gasteiger partial charge in [0, 0.05) is 40.5 Å². The van der Waals surface area contributed by atoms with Crippen molar-refractivity contribution in [2.75, 3.05) is 17.7 Å². The quantitative estimate of drug-likeness (QED) is 0.620. The van der Waals surface area contributed by atoms with E-state index < -0.39 is 0 Å². The van der Waals surface area contributed by atoms with Gasteiger partial charge in [-0.15, -0.1) is 0 Å². The van der Waals surface area contributed by atoms with E-state index in [1.165, 1.54) is 0 Å². The number of anilines is 2. The van der Waals surface area contributed by atoms with E-state index in [1.54, 1.807) is 61.8 Å². The SMILES string of the molecule is COc1cccc(NC(=O)c2ccc3c(c2)C(=Cc2ccc[nH]2)C(=O)N3)c1. The number of carbonyl (C=O) groups excluding carboxylic acids is 2. The van der Waals surface area contributed by atoms with Crippen LogP contribution in [0.4, 0.5) is 11.4 Å². The van der Waals surface area contributed by atoms with Gasteiger partial charge in [0.25, 0.3) is 11.8 Å². The Bertz CT molecular complexity index is 1050. The lowest BCUT2D eigenvalue weighted by Crippen LogP contribution is -2.12. The zero-order chi connectivity index (χ0) is 18.8. The number of nitrogens with one attached hydrogen (secondary N) is 3. The number of rotatable bonds is 4. The van der Waals surface area contributed by atoms with Crippen molar-refractivity contribution < 1.29 is 14.3 Å². The Hall–Kier alpha value is -3.80. The van der Waals surface area contributed by atoms with Crippen LogP contribution in [0.2, 0.25) is 0 Å². The smallest absolute Gasteiger partial charge is 0.256 e. The monoisotopic (exact) mass is 359 g/mol. The number of aromatic amines is 1. The van der Waals surface area contributed by atoms with Crippen LogP contribution in [0, 0.1) is 0 Å². The van der Waals surface area contributed by atoms with Gasteiger partial charge < -0.3 is 20.4 Å². The van der Waals surface area contributed by atoms with E-state index in [0.29, 0.717) is 33.8 Å². The summed E-state index contributed by atoms with van der Waals surface area (Å²) in [4.78, 5) is 28.0. The third kappa shape index (κ3) is 3.32. The summed E-state index contributed by atoms with van der Waals surface area (Å²) >= 11 is 0. The minimum atomic E-state index is -0.260. The van der Waals surface area contributed by atoms with Crippen molar-refractivity contribution in [2.45, 2.75) is 0 Å². The van der Waals surface area contributed by atoms with Crippen molar-refractivity contribution in [3.63, 3.8) is 0 Å². The molecular weight excluding hydrogens is 342 g/mol. The van der Waals surface area contributed by atoms with E-state index in [0.717, 1.165) is 5.69 Å². The van der Waals surface area contributed by atoms with Crippen LogP contribution in [-0.2, 0) is 4.79 Å². The number of benzene rings is 2. The van der Waals surface area contributed by atoms with E-state index in [-0.39, 0.29) is 11.8 Å². The predicted octanol–water partition coefficient (Wildman–Crippen LogP) is 3.77. The summed E-state index contributed by atoms with van der Waals surface area (Å²) in [7, 11) is 1.57. The number of carbonyl (C=O) groups is 2. The number of hydrogen-bond donors (Lipinski definition) is 3. The van der Waals surface area contributed by atoms with Gasteiger partial charge in [-0.05, 0) is 48.5 Å². The molecule has 134 valence electrons. The van der Waals surface area contributed by atoms with Gasteiger partial charge in [-0.1, -0.05) is 6.07 Å². The highest BCUT2D eigenvalue weighted by atomic mass is 16.5. The summed E-state index contributed by atoms with van der Waals surface area (Å²) in [6.07, 6.45) is 3.56. The molecule has 1 aliphatic rings. The molecule has 6 nitrogen and oxygen atoms in total. The molecule has 6 heteroatoms. The zero-order valence-electron chi connectivity index (χ0n) is 14.6. The van der Waals surface area contributed by atoms with Gasteiger partial charge >= 0.3 is 0 Å². The van der Waals surface area contributed by atoms with E-state index >= 15 is 0 Å². The second-order valence-electron chi connectivity index (χ2n) is 6.08. The van der Waals surface area contributed by atoms with Crippen LogP contribution in [0.3, 0.4) is 0 Å². The van der Waals surface area contributed by atoms with Crippen LogP contribution in [0.1, 0.15) is 21.6 Å². The van der Waals surface area contributed by atoms with Crippen LogP contribution < -0.4 is 15.4 Å². The van der Waals surface area contributed by atoms with Gasteiger partial charge in [0.2, 0.25) is 0 Å². The fourth-order valence-electron chi connectivity index (χ4n) is 2.97. The minimum absolute atomic E-state index is 0.190. The van der Waals surface area contributed by atoms with Crippen LogP contribution >= 0.6 is 0 Å². The number of amides is 2. The van der Waals surface area contributed by atoms with Crippen molar-refractivity contribution in [3.05, 3.63) is 77.6 Å². The lowest BCUT2D eigenvalue weighted by molar-refractivity contribution is -0.110. The second-order valence-corrected chi connectivity index (χ2v) is 6.08. The number of hydrogen-bond acceptors (Lipinski definition) is 3. The minimum Gasteiger partial charge on any atom is -0.497 e. The lowest BCUT2D eigenvalue weighted by atomic mass is 10.0. The summed E-state index contributed by atoms with van der Waals surface area (Å²) in [5.74, 6) is 0.210. The van der Waals surface area contributed by atoms with Crippen LogP contribution in [0.5, 0.6) is 5.75 Å². The van der Waals surface area contributed by atoms with E-state index in [1.807, 2.05) is 12.1 Å². The average molecular weight is 359 g/mol. The Morgan fingerprint density at radius 2 is 2.00 bits per heavy atom. The number of fused-ring (bicyclic) bond motifs is 1. The average Bonchev–Trinajstić information content (AvgIpc) is 3.30. The second kappa shape index (κ2) is 6.84. The van der Waals surface area contributed by atoms with Gasteiger partial charge in [0.1, 0.15) is 5.75 Å². The zero-order valence-corrected chi connectivity index (χ0v) is 14.6. The normalized spacial score (nSPS) is 14.0. The lowest BCUT2D eigenvalue weighted by Gasteiger charge is -2.08. The number of H-pyrrole nitrogens is 1. The molecule has 2 heterocycles. The maximum Gasteiger partial charge on any atom is 0.256 e. The van der Waals surface area contributed by atoms with Crippen LogP contribution in [0.25, 0.3) is 11.6 Å². The van der Waals surface area contributed by atoms with Gasteiger partial charge in [0.05, 0.1) is 12.7 Å². The number of ether oxygens (including phenoxy) is 1. The van der Waals surface area contributed by atoms with Crippen LogP contribution in [-0.4, -0.2) is 23.9 Å². The molecule has 0 saturated carbocycles. The molecule has 1 aliphatic heterocycles. The summed E-state index contributed by atoms with van der Waals surface area (Å²) in [5, 5.41) is 5.67. The molecule has 0 aliphatic carbocycles. The van der Waals surface area contributed by atoms with Gasteiger partial charge in [-0.3, -0.25) is 9.59 Å². The molecule has 0 radical (unpaired) electrons. The first kappa shape index (κ1) is 16.7. The van der Waals surface area contributed by atoms with Crippen LogP contribution in [0.15, 0.2) is 60.8 Å². The first-order valence-electron chi connectivity index (χ1n) is 8.40. The fourth-order valence-corrected chi connectivity index (χ4v) is 2.97. The van der Waals surface area contributed by atoms with Crippen molar-refractivity contribution >= 4 is 34.8 Å². The predicted molar refractivity (Wildman–Crippen MR) is 105 cm³/mol. The molecule has 2 aromatic carbocycles. The topological polar surface area (TPSA) is 83.2 Å². The molecule has 27 heavy (non-hydrogen) atoms. The molecule has 0 bridgehead atoms. The Morgan fingerprint density at radius 1 is 1.11 bits per heavy atom. The number of methoxy groups -OCH3 is 1. The van der Waals surface area contributed by atoms with E-state index in [4.69, 9.17) is 4.74 Å². The van der Waals surface area contributed by atoms with Gasteiger partial charge in [-0.2, -0.15) is 0 Å². The fraction of sp³-hybridized carbons (Fsp3) is 0.0476. The molecule has 0 spiro atoms. The maximum atomic E-state index is 12.6. The summed E-state index contributed by atoms with van der Waals surface area (Å²) in [6.45, 7) is 0. The molecular formula is C21H17N3O3. The molecule has 4 rings (SSSR count). The largest absolute Gasteiger partial charge is 0.497 e. The molecule has 0 fully saturated rings. The highest BCUT2D eigenvalue weighted by molar-refractivity contribution is 6.35. The van der Waals surface area contributed by atoms with Crippen molar-refractivity contribution in [1.29, 1.82) is 0 Å². The highest BCUT2D eigenvalue weighted by Crippen LogP contribution is 2.34. The highest BCUT2D eigenvalue weighted by Gasteiger charge is 2.25. The van der Waals surface area contributed by atoms with Crippen molar-refractivity contribution in [1.82, 2.24) is 4.98 Å². The Labute approximate surface area is 155 Å². The van der Waals surface area contributed by atoms with E-state index in [9.17, 15) is 9.59 Å². The summed E-state index contributed by atoms with van der Waals surface area (Å²) in [6, 6.07) is 16.0. The van der Waals surface area contributed by atoms with Crippen molar-refractivity contribution in [2.24, 2.45) is 0 Å². The van der Waals surface area contributed by atoms with Crippen molar-refractivity contribution in [3.8, 4) is 5.75 Å². The number of aromatic nitrogens is 1. The van der Waals surface area contributed by atoms with Gasteiger partial charge in [-0.25, -0.2) is 0 Å². The first-order chi connectivity index (χ1) is 13.1. The molecule has 1 aromatic heterocycles. The summed E-state index contributed by atoms with van der Waals surface area (Å²) < 4.78 is 5.17.